The van der Waals surface area contributed by atoms with Crippen molar-refractivity contribution in [3.05, 3.63) is 68.7 Å². The molecule has 3 aliphatic rings. The summed E-state index contributed by atoms with van der Waals surface area (Å²) in [5, 5.41) is 0.322. The quantitative estimate of drug-likeness (QED) is 0.378. The van der Waals surface area contributed by atoms with Gasteiger partial charge >= 0.3 is 6.18 Å². The van der Waals surface area contributed by atoms with Gasteiger partial charge in [0.15, 0.2) is 4.75 Å². The van der Waals surface area contributed by atoms with E-state index in [9.17, 15) is 18.0 Å². The molecule has 37 heavy (non-hydrogen) atoms. The number of aryl methyl sites for hydroxylation is 1. The van der Waals surface area contributed by atoms with Crippen LogP contribution in [0.2, 0.25) is 5.02 Å². The highest BCUT2D eigenvalue weighted by Gasteiger charge is 2.60. The van der Waals surface area contributed by atoms with Crippen LogP contribution < -0.4 is 0 Å². The highest BCUT2D eigenvalue weighted by molar-refractivity contribution is 7.99. The molecule has 1 unspecified atom stereocenters. The van der Waals surface area contributed by atoms with Gasteiger partial charge in [-0.2, -0.15) is 13.2 Å². The van der Waals surface area contributed by atoms with Crippen LogP contribution in [-0.2, 0) is 26.5 Å². The number of carbonyl (C=O) groups is 1. The Kier molecular flexibility index (Phi) is 6.28. The minimum absolute atomic E-state index is 0.0859. The number of hydrogen-bond acceptors (Lipinski definition) is 4. The van der Waals surface area contributed by atoms with E-state index in [2.05, 4.69) is 4.40 Å². The van der Waals surface area contributed by atoms with Crippen molar-refractivity contribution >= 4 is 35.2 Å². The lowest BCUT2D eigenvalue weighted by Crippen LogP contribution is -2.61. The lowest BCUT2D eigenvalue weighted by Gasteiger charge is -2.48. The molecule has 0 aromatic heterocycles. The Morgan fingerprint density at radius 2 is 1.86 bits per heavy atom. The van der Waals surface area contributed by atoms with Crippen LogP contribution in [0.15, 0.2) is 34.7 Å². The number of fused-ring (bicyclic) bond motifs is 2. The highest BCUT2D eigenvalue weighted by atomic mass is 35.5. The van der Waals surface area contributed by atoms with Crippen LogP contribution in [0.4, 0.5) is 13.2 Å². The standard InChI is InChI=1S/C28H30ClF3N2O2S/c1-16-8-20(10-22(29)17(16)2)27(28(30,31)32)11-23(33-37-27)18-6-7-21-19(9-18)13-36-26(21)14-34(15-26)24(35)12-25(3,4)5/h6-10H,11-15H2,1-5H3. The molecule has 1 fully saturated rings. The van der Waals surface area contributed by atoms with Crippen molar-refractivity contribution in [2.75, 3.05) is 13.1 Å². The van der Waals surface area contributed by atoms with Gasteiger partial charge in [0.25, 0.3) is 0 Å². The number of ether oxygens (including phenoxy) is 1. The van der Waals surface area contributed by atoms with E-state index in [1.54, 1.807) is 19.9 Å². The first-order chi connectivity index (χ1) is 17.1. The first-order valence-corrected chi connectivity index (χ1v) is 13.4. The average Bonchev–Trinajstić information content (AvgIpc) is 3.37. The summed E-state index contributed by atoms with van der Waals surface area (Å²) >= 11 is 6.84. The fourth-order valence-corrected chi connectivity index (χ4v) is 6.54. The van der Waals surface area contributed by atoms with Crippen molar-refractivity contribution < 1.29 is 22.7 Å². The molecule has 1 amide bonds. The molecule has 9 heteroatoms. The zero-order chi connectivity index (χ0) is 27.0. The molecule has 1 spiro atoms. The fourth-order valence-electron chi connectivity index (χ4n) is 5.31. The van der Waals surface area contributed by atoms with Crippen LogP contribution in [0.25, 0.3) is 0 Å². The minimum atomic E-state index is -4.52. The summed E-state index contributed by atoms with van der Waals surface area (Å²) < 4.78 is 51.9. The Morgan fingerprint density at radius 3 is 2.49 bits per heavy atom. The minimum Gasteiger partial charge on any atom is -0.362 e. The molecule has 0 radical (unpaired) electrons. The molecule has 2 aromatic rings. The maximum absolute atomic E-state index is 14.5. The molecule has 4 nitrogen and oxygen atoms in total. The second kappa shape index (κ2) is 8.75. The molecular weight excluding hydrogens is 521 g/mol. The van der Waals surface area contributed by atoms with Gasteiger partial charge in [0.2, 0.25) is 5.91 Å². The first-order valence-electron chi connectivity index (χ1n) is 12.3. The summed E-state index contributed by atoms with van der Waals surface area (Å²) in [5.74, 6) is 0.110. The third-order valence-corrected chi connectivity index (χ3v) is 9.24. The number of amides is 1. The monoisotopic (exact) mass is 550 g/mol. The summed E-state index contributed by atoms with van der Waals surface area (Å²) in [5.41, 5.74) is 4.00. The fraction of sp³-hybridized carbons (Fsp3) is 0.500. The zero-order valence-electron chi connectivity index (χ0n) is 21.6. The van der Waals surface area contributed by atoms with Crippen LogP contribution in [-0.4, -0.2) is 35.8 Å². The Hall–Kier alpha value is -2.03. The number of rotatable bonds is 3. The van der Waals surface area contributed by atoms with E-state index >= 15 is 0 Å². The molecule has 5 rings (SSSR count). The van der Waals surface area contributed by atoms with Crippen LogP contribution in [0, 0.1) is 19.3 Å². The maximum atomic E-state index is 14.5. The molecule has 3 aliphatic heterocycles. The van der Waals surface area contributed by atoms with Gasteiger partial charge in [0.05, 0.1) is 25.4 Å². The molecule has 198 valence electrons. The Labute approximate surface area is 224 Å². The largest absolute Gasteiger partial charge is 0.409 e. The van der Waals surface area contributed by atoms with Gasteiger partial charge in [0.1, 0.15) is 5.60 Å². The highest BCUT2D eigenvalue weighted by Crippen LogP contribution is 2.57. The summed E-state index contributed by atoms with van der Waals surface area (Å²) in [4.78, 5) is 14.4. The van der Waals surface area contributed by atoms with Gasteiger partial charge in [-0.1, -0.05) is 50.6 Å². The van der Waals surface area contributed by atoms with Crippen LogP contribution >= 0.6 is 23.5 Å². The molecule has 2 aromatic carbocycles. The van der Waals surface area contributed by atoms with E-state index in [4.69, 9.17) is 16.3 Å². The topological polar surface area (TPSA) is 41.9 Å². The molecule has 3 heterocycles. The van der Waals surface area contributed by atoms with E-state index in [-0.39, 0.29) is 23.3 Å². The Balaban J connectivity index is 1.37. The lowest BCUT2D eigenvalue weighted by molar-refractivity contribution is -0.170. The van der Waals surface area contributed by atoms with E-state index in [1.807, 2.05) is 43.9 Å². The zero-order valence-corrected chi connectivity index (χ0v) is 23.1. The van der Waals surface area contributed by atoms with E-state index in [1.165, 1.54) is 6.07 Å². The lowest BCUT2D eigenvalue weighted by atomic mass is 9.82. The average molecular weight is 551 g/mol. The molecule has 0 aliphatic carbocycles. The molecular formula is C28H30ClF3N2O2S. The summed E-state index contributed by atoms with van der Waals surface area (Å²) in [6.07, 6.45) is -4.33. The van der Waals surface area contributed by atoms with E-state index in [0.29, 0.717) is 54.4 Å². The Morgan fingerprint density at radius 1 is 1.16 bits per heavy atom. The normalized spacial score (nSPS) is 22.7. The summed E-state index contributed by atoms with van der Waals surface area (Å²) in [6, 6.07) is 8.64. The molecule has 0 bridgehead atoms. The third kappa shape index (κ3) is 4.49. The van der Waals surface area contributed by atoms with Crippen molar-refractivity contribution in [3.63, 3.8) is 0 Å². The molecule has 1 atom stereocenters. The van der Waals surface area contributed by atoms with Crippen molar-refractivity contribution in [1.82, 2.24) is 4.90 Å². The second-order valence-electron chi connectivity index (χ2n) is 11.7. The van der Waals surface area contributed by atoms with Crippen molar-refractivity contribution in [2.24, 2.45) is 9.81 Å². The Bertz CT molecular complexity index is 1290. The van der Waals surface area contributed by atoms with Crippen LogP contribution in [0.5, 0.6) is 0 Å². The number of carbonyl (C=O) groups excluding carboxylic acids is 1. The van der Waals surface area contributed by atoms with Crippen molar-refractivity contribution in [2.45, 2.75) is 70.6 Å². The van der Waals surface area contributed by atoms with Gasteiger partial charge in [-0.05, 0) is 76.7 Å². The van der Waals surface area contributed by atoms with Gasteiger partial charge in [0, 0.05) is 17.9 Å². The van der Waals surface area contributed by atoms with Crippen molar-refractivity contribution in [3.8, 4) is 0 Å². The number of alkyl halides is 3. The smallest absolute Gasteiger partial charge is 0.362 e. The number of likely N-dealkylation sites (tertiary alicyclic amines) is 1. The predicted octanol–water partition coefficient (Wildman–Crippen LogP) is 7.26. The van der Waals surface area contributed by atoms with E-state index in [0.717, 1.165) is 22.3 Å². The van der Waals surface area contributed by atoms with E-state index < -0.39 is 16.5 Å². The predicted molar refractivity (Wildman–Crippen MR) is 141 cm³/mol. The van der Waals surface area contributed by atoms with Crippen LogP contribution in [0.3, 0.4) is 0 Å². The summed E-state index contributed by atoms with van der Waals surface area (Å²) in [6.45, 7) is 11.0. The summed E-state index contributed by atoms with van der Waals surface area (Å²) in [7, 11) is 0. The van der Waals surface area contributed by atoms with Gasteiger partial charge in [-0.3, -0.25) is 4.79 Å². The SMILES string of the molecule is Cc1cc(C2(C(F)(F)F)CC(c3ccc4c(c3)COC43CN(C(=O)CC(C)(C)C)C3)=NS2)cc(Cl)c1C. The third-order valence-electron chi connectivity index (χ3n) is 7.62. The number of hydrogen-bond donors (Lipinski definition) is 0. The van der Waals surface area contributed by atoms with Gasteiger partial charge in [-0.15, -0.1) is 0 Å². The second-order valence-corrected chi connectivity index (χ2v) is 13.1. The first kappa shape index (κ1) is 26.6. The number of nitrogens with zero attached hydrogens (tertiary/aromatic N) is 2. The number of benzene rings is 2. The molecule has 1 saturated heterocycles. The van der Waals surface area contributed by atoms with Crippen LogP contribution in [0.1, 0.15) is 67.0 Å². The van der Waals surface area contributed by atoms with Gasteiger partial charge in [-0.25, -0.2) is 4.40 Å². The maximum Gasteiger partial charge on any atom is 0.409 e. The van der Waals surface area contributed by atoms with Gasteiger partial charge < -0.3 is 9.64 Å². The molecule has 0 saturated carbocycles. The molecule has 0 N–H and O–H groups in total. The van der Waals surface area contributed by atoms with Crippen molar-refractivity contribution in [1.29, 1.82) is 0 Å². The number of halogens is 4.